The molecule has 0 aliphatic heterocycles. The maximum Gasteiger partial charge on any atom is 0.191 e. The van der Waals surface area contributed by atoms with Crippen LogP contribution in [0, 0.1) is 6.92 Å². The van der Waals surface area contributed by atoms with Crippen LogP contribution in [0.2, 0.25) is 0 Å². The molecule has 0 fully saturated rings. The molecular formula is C16H25IN6. The van der Waals surface area contributed by atoms with Gasteiger partial charge in [-0.1, -0.05) is 29.8 Å². The molecule has 0 atom stereocenters. The van der Waals surface area contributed by atoms with E-state index in [1.807, 2.05) is 7.05 Å². The predicted molar refractivity (Wildman–Crippen MR) is 104 cm³/mol. The van der Waals surface area contributed by atoms with Crippen LogP contribution in [-0.2, 0) is 20.0 Å². The van der Waals surface area contributed by atoms with E-state index in [1.165, 1.54) is 11.1 Å². The molecule has 126 valence electrons. The van der Waals surface area contributed by atoms with Gasteiger partial charge in [0.15, 0.2) is 5.96 Å². The van der Waals surface area contributed by atoms with Crippen molar-refractivity contribution in [2.75, 3.05) is 13.1 Å². The first kappa shape index (κ1) is 19.4. The van der Waals surface area contributed by atoms with Gasteiger partial charge in [-0.25, -0.2) is 9.98 Å². The molecule has 0 saturated carbocycles. The Bertz CT molecular complexity index is 623. The summed E-state index contributed by atoms with van der Waals surface area (Å²) in [6.07, 6.45) is 2.51. The lowest BCUT2D eigenvalue weighted by Gasteiger charge is -2.11. The van der Waals surface area contributed by atoms with Crippen LogP contribution >= 0.6 is 24.0 Å². The highest BCUT2D eigenvalue weighted by Crippen LogP contribution is 2.03. The van der Waals surface area contributed by atoms with Gasteiger partial charge in [0.25, 0.3) is 0 Å². The second kappa shape index (κ2) is 10.2. The number of halogens is 1. The summed E-state index contributed by atoms with van der Waals surface area (Å²) in [6.45, 7) is 6.35. The van der Waals surface area contributed by atoms with Crippen LogP contribution in [0.15, 0.2) is 35.6 Å². The summed E-state index contributed by atoms with van der Waals surface area (Å²) in [7, 11) is 1.87. The molecule has 2 aromatic rings. The lowest BCUT2D eigenvalue weighted by atomic mass is 10.1. The zero-order valence-corrected chi connectivity index (χ0v) is 16.2. The van der Waals surface area contributed by atoms with Gasteiger partial charge >= 0.3 is 0 Å². The first-order valence-electron chi connectivity index (χ1n) is 7.59. The average molecular weight is 428 g/mol. The normalized spacial score (nSPS) is 11.0. The van der Waals surface area contributed by atoms with Crippen LogP contribution in [0.4, 0.5) is 0 Å². The molecule has 0 saturated heterocycles. The van der Waals surface area contributed by atoms with Crippen LogP contribution < -0.4 is 10.6 Å². The third-order valence-corrected chi connectivity index (χ3v) is 3.32. The molecule has 1 aromatic heterocycles. The van der Waals surface area contributed by atoms with E-state index in [4.69, 9.17) is 0 Å². The van der Waals surface area contributed by atoms with Crippen LogP contribution in [0.5, 0.6) is 0 Å². The largest absolute Gasteiger partial charge is 0.357 e. The molecule has 23 heavy (non-hydrogen) atoms. The van der Waals surface area contributed by atoms with Crippen molar-refractivity contribution < 1.29 is 0 Å². The monoisotopic (exact) mass is 428 g/mol. The second-order valence-corrected chi connectivity index (χ2v) is 5.16. The summed E-state index contributed by atoms with van der Waals surface area (Å²) < 4.78 is 1.74. The van der Waals surface area contributed by atoms with Crippen molar-refractivity contribution in [1.29, 1.82) is 0 Å². The van der Waals surface area contributed by atoms with Gasteiger partial charge in [0, 0.05) is 20.1 Å². The molecule has 0 radical (unpaired) electrons. The van der Waals surface area contributed by atoms with Crippen LogP contribution in [0.1, 0.15) is 23.9 Å². The molecule has 7 heteroatoms. The Hall–Kier alpha value is -1.64. The van der Waals surface area contributed by atoms with E-state index in [2.05, 4.69) is 63.8 Å². The van der Waals surface area contributed by atoms with Crippen molar-refractivity contribution >= 4 is 29.9 Å². The maximum atomic E-state index is 4.54. The van der Waals surface area contributed by atoms with Gasteiger partial charge < -0.3 is 10.6 Å². The third kappa shape index (κ3) is 6.55. The van der Waals surface area contributed by atoms with E-state index in [9.17, 15) is 0 Å². The number of nitrogens with zero attached hydrogens (tertiary/aromatic N) is 4. The van der Waals surface area contributed by atoms with Crippen LogP contribution in [-0.4, -0.2) is 33.8 Å². The molecule has 2 rings (SSSR count). The van der Waals surface area contributed by atoms with E-state index < -0.39 is 0 Å². The van der Waals surface area contributed by atoms with E-state index in [0.717, 1.165) is 31.3 Å². The Morgan fingerprint density at radius 3 is 2.78 bits per heavy atom. The number of hydrogen-bond donors (Lipinski definition) is 2. The van der Waals surface area contributed by atoms with Crippen molar-refractivity contribution in [2.45, 2.75) is 26.8 Å². The van der Waals surface area contributed by atoms with Crippen molar-refractivity contribution in [2.24, 2.45) is 12.0 Å². The predicted octanol–water partition coefficient (Wildman–Crippen LogP) is 2.04. The Morgan fingerprint density at radius 2 is 2.13 bits per heavy atom. The highest BCUT2D eigenvalue weighted by Gasteiger charge is 2.01. The quantitative estimate of drug-likeness (QED) is 0.420. The molecule has 0 unspecified atom stereocenters. The number of aliphatic imine (C=N–C) groups is 1. The summed E-state index contributed by atoms with van der Waals surface area (Å²) in [5.41, 5.74) is 2.62. The highest BCUT2D eigenvalue weighted by molar-refractivity contribution is 14.0. The average Bonchev–Trinajstić information content (AvgIpc) is 2.90. The highest BCUT2D eigenvalue weighted by atomic mass is 127. The number of aryl methyl sites for hydroxylation is 2. The van der Waals surface area contributed by atoms with Gasteiger partial charge in [0.05, 0.1) is 0 Å². The standard InChI is InChI=1S/C16H24N6.HI/c1-4-17-16(19-11-15-20-12-21-22(15)3)18-9-8-14-7-5-6-13(2)10-14;/h5-7,10,12H,4,8-9,11H2,1-3H3,(H2,17,18,19);1H. The van der Waals surface area contributed by atoms with E-state index in [-0.39, 0.29) is 24.0 Å². The molecule has 1 aromatic carbocycles. The molecule has 1 heterocycles. The maximum absolute atomic E-state index is 4.54. The van der Waals surface area contributed by atoms with Gasteiger partial charge in [-0.15, -0.1) is 24.0 Å². The summed E-state index contributed by atoms with van der Waals surface area (Å²) in [4.78, 5) is 8.71. The fourth-order valence-corrected chi connectivity index (χ4v) is 2.15. The Kier molecular flexibility index (Phi) is 8.60. The first-order chi connectivity index (χ1) is 10.7. The smallest absolute Gasteiger partial charge is 0.191 e. The van der Waals surface area contributed by atoms with E-state index in [0.29, 0.717) is 6.54 Å². The minimum atomic E-state index is 0. The minimum Gasteiger partial charge on any atom is -0.357 e. The van der Waals surface area contributed by atoms with Gasteiger partial charge in [-0.3, -0.25) is 4.68 Å². The number of hydrogen-bond acceptors (Lipinski definition) is 3. The molecular weight excluding hydrogens is 403 g/mol. The summed E-state index contributed by atoms with van der Waals surface area (Å²) in [6, 6.07) is 8.57. The van der Waals surface area contributed by atoms with Crippen LogP contribution in [0.25, 0.3) is 0 Å². The van der Waals surface area contributed by atoms with Gasteiger partial charge in [-0.05, 0) is 25.8 Å². The molecule has 0 amide bonds. The fraction of sp³-hybridized carbons (Fsp3) is 0.438. The number of nitrogens with one attached hydrogen (secondary N) is 2. The topological polar surface area (TPSA) is 67.1 Å². The third-order valence-electron chi connectivity index (χ3n) is 3.32. The van der Waals surface area contributed by atoms with E-state index in [1.54, 1.807) is 11.0 Å². The van der Waals surface area contributed by atoms with Gasteiger partial charge in [0.1, 0.15) is 18.7 Å². The zero-order chi connectivity index (χ0) is 15.8. The van der Waals surface area contributed by atoms with Crippen molar-refractivity contribution in [3.8, 4) is 0 Å². The van der Waals surface area contributed by atoms with Crippen molar-refractivity contribution in [1.82, 2.24) is 25.4 Å². The molecule has 2 N–H and O–H groups in total. The number of guanidine groups is 1. The lowest BCUT2D eigenvalue weighted by molar-refractivity contribution is 0.697. The zero-order valence-electron chi connectivity index (χ0n) is 13.9. The number of rotatable bonds is 6. The van der Waals surface area contributed by atoms with E-state index >= 15 is 0 Å². The summed E-state index contributed by atoms with van der Waals surface area (Å²) >= 11 is 0. The van der Waals surface area contributed by atoms with Crippen LogP contribution in [0.3, 0.4) is 0 Å². The summed E-state index contributed by atoms with van der Waals surface area (Å²) in [5, 5.41) is 10.6. The first-order valence-corrected chi connectivity index (χ1v) is 7.59. The SMILES string of the molecule is CCNC(=NCc1ncnn1C)NCCc1cccc(C)c1.I. The molecule has 6 nitrogen and oxygen atoms in total. The van der Waals surface area contributed by atoms with Gasteiger partial charge in [0.2, 0.25) is 0 Å². The molecule has 0 aliphatic rings. The molecule has 0 bridgehead atoms. The van der Waals surface area contributed by atoms with Gasteiger partial charge in [-0.2, -0.15) is 5.10 Å². The van der Waals surface area contributed by atoms with Crippen molar-refractivity contribution in [3.05, 3.63) is 47.5 Å². The molecule has 0 aliphatic carbocycles. The number of benzene rings is 1. The second-order valence-electron chi connectivity index (χ2n) is 5.16. The minimum absolute atomic E-state index is 0. The lowest BCUT2D eigenvalue weighted by Crippen LogP contribution is -2.38. The fourth-order valence-electron chi connectivity index (χ4n) is 2.15. The number of aromatic nitrogens is 3. The Labute approximate surface area is 154 Å². The van der Waals surface area contributed by atoms with Crippen molar-refractivity contribution in [3.63, 3.8) is 0 Å². The Balaban J connectivity index is 0.00000264. The summed E-state index contributed by atoms with van der Waals surface area (Å²) in [5.74, 6) is 1.65. The Morgan fingerprint density at radius 1 is 1.30 bits per heavy atom. The molecule has 0 spiro atoms.